The number of carbonyl (C=O) groups excluding carboxylic acids is 1. The van der Waals surface area contributed by atoms with E-state index >= 15 is 0 Å². The topological polar surface area (TPSA) is 74.0 Å². The largest absolute Gasteiger partial charge is 0.493 e. The molecule has 1 aromatic rings. The van der Waals surface area contributed by atoms with Gasteiger partial charge in [-0.05, 0) is 37.8 Å². The Labute approximate surface area is 143 Å². The van der Waals surface area contributed by atoms with E-state index in [1.165, 1.54) is 0 Å². The molecule has 0 aromatic heterocycles. The van der Waals surface area contributed by atoms with E-state index in [2.05, 4.69) is 4.90 Å². The Kier molecular flexibility index (Phi) is 6.73. The minimum Gasteiger partial charge on any atom is -0.493 e. The van der Waals surface area contributed by atoms with Crippen LogP contribution in [0.15, 0.2) is 18.2 Å². The Bertz CT molecular complexity index is 550. The molecule has 0 bridgehead atoms. The van der Waals surface area contributed by atoms with E-state index in [0.29, 0.717) is 30.4 Å². The van der Waals surface area contributed by atoms with E-state index in [1.807, 2.05) is 25.1 Å². The first-order chi connectivity index (χ1) is 11.6. The van der Waals surface area contributed by atoms with Gasteiger partial charge in [0.1, 0.15) is 0 Å². The van der Waals surface area contributed by atoms with E-state index in [1.54, 1.807) is 14.2 Å². The highest BCUT2D eigenvalue weighted by Crippen LogP contribution is 2.33. The van der Waals surface area contributed by atoms with Crippen LogP contribution in [-0.4, -0.2) is 45.9 Å². The summed E-state index contributed by atoms with van der Waals surface area (Å²) in [4.78, 5) is 13.8. The van der Waals surface area contributed by atoms with E-state index in [0.717, 1.165) is 31.6 Å². The summed E-state index contributed by atoms with van der Waals surface area (Å²) < 4.78 is 15.7. The quantitative estimate of drug-likeness (QED) is 0.770. The first-order valence-corrected chi connectivity index (χ1v) is 8.45. The number of hydrogen-bond donors (Lipinski definition) is 1. The van der Waals surface area contributed by atoms with E-state index in [9.17, 15) is 4.79 Å². The maximum atomic E-state index is 11.6. The highest BCUT2D eigenvalue weighted by Gasteiger charge is 2.26. The summed E-state index contributed by atoms with van der Waals surface area (Å²) in [5, 5.41) is 0. The molecule has 2 rings (SSSR count). The molecule has 0 saturated carbocycles. The Hall–Kier alpha value is -1.95. The minimum absolute atomic E-state index is 0.0963. The van der Waals surface area contributed by atoms with Crippen molar-refractivity contribution < 1.29 is 19.0 Å². The van der Waals surface area contributed by atoms with Gasteiger partial charge in [0.2, 0.25) is 0 Å². The average molecular weight is 336 g/mol. The first kappa shape index (κ1) is 18.4. The predicted molar refractivity (Wildman–Crippen MR) is 93.7 cm³/mol. The Balaban J connectivity index is 2.03. The Morgan fingerprint density at radius 3 is 2.67 bits per heavy atom. The van der Waals surface area contributed by atoms with Gasteiger partial charge in [0.05, 0.1) is 20.8 Å². The van der Waals surface area contributed by atoms with Crippen molar-refractivity contribution in [2.75, 3.05) is 38.8 Å². The molecular formula is C18H28N2O4. The SMILES string of the molecule is CCOC(=O)CCC1CC(N)CN(c2ccc(OC)c(OC)c2)C1. The molecule has 2 unspecified atom stereocenters. The van der Waals surface area contributed by atoms with Gasteiger partial charge in [0, 0.05) is 37.3 Å². The number of methoxy groups -OCH3 is 2. The summed E-state index contributed by atoms with van der Waals surface area (Å²) in [6.07, 6.45) is 2.19. The van der Waals surface area contributed by atoms with Crippen molar-refractivity contribution in [2.45, 2.75) is 32.2 Å². The second-order valence-electron chi connectivity index (χ2n) is 6.15. The lowest BCUT2D eigenvalue weighted by Crippen LogP contribution is -2.47. The normalized spacial score (nSPS) is 20.6. The maximum Gasteiger partial charge on any atom is 0.305 e. The smallest absolute Gasteiger partial charge is 0.305 e. The van der Waals surface area contributed by atoms with Crippen LogP contribution in [0.3, 0.4) is 0 Å². The third-order valence-corrected chi connectivity index (χ3v) is 4.36. The fourth-order valence-electron chi connectivity index (χ4n) is 3.24. The zero-order chi connectivity index (χ0) is 17.5. The summed E-state index contributed by atoms with van der Waals surface area (Å²) in [5.41, 5.74) is 7.29. The van der Waals surface area contributed by atoms with Crippen LogP contribution < -0.4 is 20.1 Å². The fourth-order valence-corrected chi connectivity index (χ4v) is 3.24. The lowest BCUT2D eigenvalue weighted by molar-refractivity contribution is -0.143. The van der Waals surface area contributed by atoms with E-state index in [4.69, 9.17) is 19.9 Å². The molecule has 0 amide bonds. The Morgan fingerprint density at radius 1 is 1.25 bits per heavy atom. The number of hydrogen-bond acceptors (Lipinski definition) is 6. The van der Waals surface area contributed by atoms with Gasteiger partial charge in [-0.3, -0.25) is 4.79 Å². The van der Waals surface area contributed by atoms with Crippen molar-refractivity contribution in [3.05, 3.63) is 18.2 Å². The van der Waals surface area contributed by atoms with Gasteiger partial charge in [-0.15, -0.1) is 0 Å². The van der Waals surface area contributed by atoms with Gasteiger partial charge < -0.3 is 24.8 Å². The molecular weight excluding hydrogens is 308 g/mol. The number of esters is 1. The van der Waals surface area contributed by atoms with Crippen molar-refractivity contribution in [1.82, 2.24) is 0 Å². The summed E-state index contributed by atoms with van der Waals surface area (Å²) >= 11 is 0. The van der Waals surface area contributed by atoms with Crippen LogP contribution in [0.5, 0.6) is 11.5 Å². The van der Waals surface area contributed by atoms with Crippen molar-refractivity contribution >= 4 is 11.7 Å². The van der Waals surface area contributed by atoms with Crippen LogP contribution in [-0.2, 0) is 9.53 Å². The molecule has 0 spiro atoms. The van der Waals surface area contributed by atoms with Crippen molar-refractivity contribution in [3.8, 4) is 11.5 Å². The van der Waals surface area contributed by atoms with Crippen LogP contribution in [0, 0.1) is 5.92 Å². The average Bonchev–Trinajstić information content (AvgIpc) is 2.59. The minimum atomic E-state index is -0.130. The summed E-state index contributed by atoms with van der Waals surface area (Å²) in [6.45, 7) is 3.93. The van der Waals surface area contributed by atoms with Crippen LogP contribution in [0.4, 0.5) is 5.69 Å². The van der Waals surface area contributed by atoms with Crippen molar-refractivity contribution in [2.24, 2.45) is 11.7 Å². The number of rotatable bonds is 7. The predicted octanol–water partition coefficient (Wildman–Crippen LogP) is 2.20. The molecule has 0 radical (unpaired) electrons. The summed E-state index contributed by atoms with van der Waals surface area (Å²) in [7, 11) is 3.26. The lowest BCUT2D eigenvalue weighted by Gasteiger charge is -2.38. The van der Waals surface area contributed by atoms with Crippen molar-refractivity contribution in [1.29, 1.82) is 0 Å². The molecule has 1 aromatic carbocycles. The molecule has 1 heterocycles. The number of nitrogens with zero attached hydrogens (tertiary/aromatic N) is 1. The third-order valence-electron chi connectivity index (χ3n) is 4.36. The lowest BCUT2D eigenvalue weighted by atomic mass is 9.90. The van der Waals surface area contributed by atoms with Gasteiger partial charge in [-0.2, -0.15) is 0 Å². The summed E-state index contributed by atoms with van der Waals surface area (Å²) in [5.74, 6) is 1.67. The summed E-state index contributed by atoms with van der Waals surface area (Å²) in [6, 6.07) is 5.99. The maximum absolute atomic E-state index is 11.6. The zero-order valence-electron chi connectivity index (χ0n) is 14.8. The Morgan fingerprint density at radius 2 is 2.00 bits per heavy atom. The molecule has 0 aliphatic carbocycles. The highest BCUT2D eigenvalue weighted by molar-refractivity contribution is 5.69. The van der Waals surface area contributed by atoms with E-state index < -0.39 is 0 Å². The van der Waals surface area contributed by atoms with Gasteiger partial charge in [0.15, 0.2) is 11.5 Å². The van der Waals surface area contributed by atoms with E-state index in [-0.39, 0.29) is 12.0 Å². The molecule has 6 heteroatoms. The second-order valence-corrected chi connectivity index (χ2v) is 6.15. The second kappa shape index (κ2) is 8.78. The third kappa shape index (κ3) is 4.77. The first-order valence-electron chi connectivity index (χ1n) is 8.45. The molecule has 2 N–H and O–H groups in total. The molecule has 6 nitrogen and oxygen atoms in total. The fraction of sp³-hybridized carbons (Fsp3) is 0.611. The monoisotopic (exact) mass is 336 g/mol. The number of benzene rings is 1. The van der Waals surface area contributed by atoms with Gasteiger partial charge in [-0.1, -0.05) is 0 Å². The molecule has 2 atom stereocenters. The van der Waals surface area contributed by atoms with Crippen molar-refractivity contribution in [3.63, 3.8) is 0 Å². The number of anilines is 1. The van der Waals surface area contributed by atoms with Crippen LogP contribution >= 0.6 is 0 Å². The molecule has 24 heavy (non-hydrogen) atoms. The molecule has 1 aliphatic heterocycles. The molecule has 1 saturated heterocycles. The number of carbonyl (C=O) groups is 1. The number of piperidine rings is 1. The molecule has 1 fully saturated rings. The number of nitrogens with two attached hydrogens (primary N) is 1. The molecule has 134 valence electrons. The highest BCUT2D eigenvalue weighted by atomic mass is 16.5. The van der Waals surface area contributed by atoms with Gasteiger partial charge >= 0.3 is 5.97 Å². The standard InChI is InChI=1S/C18H28N2O4/c1-4-24-18(21)8-5-13-9-14(19)12-20(11-13)15-6-7-16(22-2)17(10-15)23-3/h6-7,10,13-14H,4-5,8-9,11-12,19H2,1-3H3. The van der Waals surface area contributed by atoms with Gasteiger partial charge in [-0.25, -0.2) is 0 Å². The number of ether oxygens (including phenoxy) is 3. The van der Waals surface area contributed by atoms with Gasteiger partial charge in [0.25, 0.3) is 0 Å². The van der Waals surface area contributed by atoms with Crippen LogP contribution in [0.1, 0.15) is 26.2 Å². The van der Waals surface area contributed by atoms with Crippen LogP contribution in [0.25, 0.3) is 0 Å². The molecule has 1 aliphatic rings. The van der Waals surface area contributed by atoms with Crippen LogP contribution in [0.2, 0.25) is 0 Å². The zero-order valence-corrected chi connectivity index (χ0v) is 14.8.